The van der Waals surface area contributed by atoms with Gasteiger partial charge in [-0.15, -0.1) is 0 Å². The van der Waals surface area contributed by atoms with Crippen molar-refractivity contribution in [3.8, 4) is 11.3 Å². The molecule has 1 aliphatic carbocycles. The molecule has 3 aromatic rings. The molecule has 0 unspecified atom stereocenters. The van der Waals surface area contributed by atoms with Gasteiger partial charge in [-0.3, -0.25) is 4.18 Å². The number of carbonyl (C=O) groups is 2. The highest BCUT2D eigenvalue weighted by Gasteiger charge is 2.28. The Balaban J connectivity index is 1.90. The minimum absolute atomic E-state index is 0.107. The zero-order valence-corrected chi connectivity index (χ0v) is 25.3. The number of nitrogens with zero attached hydrogens (tertiary/aromatic N) is 1. The highest BCUT2D eigenvalue weighted by molar-refractivity contribution is 7.85. The summed E-state index contributed by atoms with van der Waals surface area (Å²) < 4.78 is 41.6. The molecule has 1 amide bonds. The molecule has 4 rings (SSSR count). The standard InChI is InChI=1S/C31H40N2O7S/c1-31(2,3)40-30(35)32-17-18-33-26-19-22(29(34)38-4)15-16-25(26)27(21-11-7-6-8-12-21)28(33)24-14-10-9-13-23(24)20-39-41(5,36)37/h9-10,13-16,19,21H,6-8,11-12,17-18,20H2,1-5H3,(H,32,35). The Morgan fingerprint density at radius 1 is 1.05 bits per heavy atom. The van der Waals surface area contributed by atoms with Crippen molar-refractivity contribution in [2.45, 2.75) is 77.5 Å². The molecule has 0 spiro atoms. The smallest absolute Gasteiger partial charge is 0.407 e. The molecule has 2 aromatic carbocycles. The van der Waals surface area contributed by atoms with Crippen molar-refractivity contribution in [3.05, 3.63) is 59.2 Å². The third-order valence-electron chi connectivity index (χ3n) is 7.24. The van der Waals surface area contributed by atoms with Gasteiger partial charge in [0.2, 0.25) is 0 Å². The predicted molar refractivity (Wildman–Crippen MR) is 158 cm³/mol. The zero-order valence-electron chi connectivity index (χ0n) is 24.5. The van der Waals surface area contributed by atoms with Gasteiger partial charge in [0.1, 0.15) is 5.60 Å². The van der Waals surface area contributed by atoms with Crippen LogP contribution >= 0.6 is 0 Å². The summed E-state index contributed by atoms with van der Waals surface area (Å²) in [5.74, 6) is -0.150. The third kappa shape index (κ3) is 7.68. The number of esters is 1. The number of fused-ring (bicyclic) bond motifs is 1. The maximum Gasteiger partial charge on any atom is 0.407 e. The fourth-order valence-corrected chi connectivity index (χ4v) is 5.92. The van der Waals surface area contributed by atoms with Crippen LogP contribution in [0.2, 0.25) is 0 Å². The molecule has 222 valence electrons. The van der Waals surface area contributed by atoms with Crippen LogP contribution in [-0.4, -0.2) is 50.6 Å². The molecule has 0 aliphatic heterocycles. The molecule has 0 radical (unpaired) electrons. The summed E-state index contributed by atoms with van der Waals surface area (Å²) in [5.41, 5.74) is 4.32. The van der Waals surface area contributed by atoms with E-state index in [0.29, 0.717) is 12.1 Å². The normalized spacial score (nSPS) is 14.7. The van der Waals surface area contributed by atoms with E-state index in [0.717, 1.165) is 59.7 Å². The Hall–Kier alpha value is -3.37. The first-order valence-electron chi connectivity index (χ1n) is 14.0. The van der Waals surface area contributed by atoms with E-state index in [4.69, 9.17) is 13.7 Å². The van der Waals surface area contributed by atoms with Gasteiger partial charge in [-0.2, -0.15) is 8.42 Å². The number of alkyl carbamates (subject to hydrolysis) is 1. The van der Waals surface area contributed by atoms with Crippen molar-refractivity contribution in [1.82, 2.24) is 9.88 Å². The molecule has 9 nitrogen and oxygen atoms in total. The number of ether oxygens (including phenoxy) is 2. The Bertz CT molecular complexity index is 1510. The molecule has 0 atom stereocenters. The van der Waals surface area contributed by atoms with E-state index < -0.39 is 27.8 Å². The van der Waals surface area contributed by atoms with E-state index in [9.17, 15) is 18.0 Å². The summed E-state index contributed by atoms with van der Waals surface area (Å²) >= 11 is 0. The van der Waals surface area contributed by atoms with Crippen molar-refractivity contribution in [2.75, 3.05) is 19.9 Å². The SMILES string of the molecule is COC(=O)c1ccc2c(C3CCCCC3)c(-c3ccccc3COS(C)(=O)=O)n(CCNC(=O)OC(C)(C)C)c2c1. The lowest BCUT2D eigenvalue weighted by molar-refractivity contribution is 0.0525. The van der Waals surface area contributed by atoms with Crippen molar-refractivity contribution < 1.29 is 31.7 Å². The molecule has 1 aromatic heterocycles. The molecule has 1 N–H and O–H groups in total. The van der Waals surface area contributed by atoms with Crippen LogP contribution in [0.4, 0.5) is 4.79 Å². The van der Waals surface area contributed by atoms with Crippen LogP contribution in [0.25, 0.3) is 22.2 Å². The van der Waals surface area contributed by atoms with Gasteiger partial charge in [0.15, 0.2) is 0 Å². The maximum atomic E-state index is 12.5. The lowest BCUT2D eigenvalue weighted by atomic mass is 9.81. The minimum atomic E-state index is -3.66. The van der Waals surface area contributed by atoms with Crippen molar-refractivity contribution >= 4 is 33.1 Å². The molecule has 1 aliphatic rings. The van der Waals surface area contributed by atoms with Crippen LogP contribution in [0.5, 0.6) is 0 Å². The van der Waals surface area contributed by atoms with Crippen molar-refractivity contribution in [1.29, 1.82) is 0 Å². The van der Waals surface area contributed by atoms with Gasteiger partial charge in [0.05, 0.1) is 31.2 Å². The predicted octanol–water partition coefficient (Wildman–Crippen LogP) is 6.14. The average molecular weight is 585 g/mol. The van der Waals surface area contributed by atoms with Gasteiger partial charge < -0.3 is 19.4 Å². The zero-order chi connectivity index (χ0) is 29.8. The Labute approximate surface area is 242 Å². The van der Waals surface area contributed by atoms with Crippen LogP contribution in [-0.2, 0) is 36.9 Å². The number of hydrogen-bond donors (Lipinski definition) is 1. The first-order valence-corrected chi connectivity index (χ1v) is 15.8. The molecular formula is C31H40N2O7S. The summed E-state index contributed by atoms with van der Waals surface area (Å²) in [6.07, 6.45) is 6.02. The second-order valence-corrected chi connectivity index (χ2v) is 13.2. The number of benzene rings is 2. The number of hydrogen-bond acceptors (Lipinski definition) is 7. The van der Waals surface area contributed by atoms with Gasteiger partial charge in [0.25, 0.3) is 10.1 Å². The monoisotopic (exact) mass is 584 g/mol. The van der Waals surface area contributed by atoms with E-state index in [-0.39, 0.29) is 19.1 Å². The topological polar surface area (TPSA) is 113 Å². The third-order valence-corrected chi connectivity index (χ3v) is 7.79. The Kier molecular flexibility index (Phi) is 9.44. The molecule has 41 heavy (non-hydrogen) atoms. The quantitative estimate of drug-likeness (QED) is 0.237. The molecule has 10 heteroatoms. The number of amides is 1. The largest absolute Gasteiger partial charge is 0.465 e. The molecule has 1 fully saturated rings. The number of methoxy groups -OCH3 is 1. The lowest BCUT2D eigenvalue weighted by Crippen LogP contribution is -2.34. The summed E-state index contributed by atoms with van der Waals surface area (Å²) in [6.45, 7) is 5.99. The second kappa shape index (κ2) is 12.7. The minimum Gasteiger partial charge on any atom is -0.465 e. The molecule has 1 heterocycles. The van der Waals surface area contributed by atoms with E-state index >= 15 is 0 Å². The lowest BCUT2D eigenvalue weighted by Gasteiger charge is -2.24. The van der Waals surface area contributed by atoms with E-state index in [1.807, 2.05) is 57.2 Å². The summed E-state index contributed by atoms with van der Waals surface area (Å²) in [7, 11) is -2.31. The van der Waals surface area contributed by atoms with E-state index in [1.54, 1.807) is 6.07 Å². The average Bonchev–Trinajstić information content (AvgIpc) is 3.24. The van der Waals surface area contributed by atoms with Gasteiger partial charge in [-0.25, -0.2) is 9.59 Å². The van der Waals surface area contributed by atoms with Crippen LogP contribution in [0.1, 0.15) is 80.3 Å². The Morgan fingerprint density at radius 2 is 1.76 bits per heavy atom. The molecular weight excluding hydrogens is 544 g/mol. The number of aromatic nitrogens is 1. The highest BCUT2D eigenvalue weighted by atomic mass is 32.2. The van der Waals surface area contributed by atoms with Gasteiger partial charge >= 0.3 is 12.1 Å². The number of rotatable bonds is 9. The van der Waals surface area contributed by atoms with Crippen LogP contribution < -0.4 is 5.32 Å². The molecule has 0 saturated heterocycles. The van der Waals surface area contributed by atoms with Crippen LogP contribution in [0, 0.1) is 0 Å². The summed E-state index contributed by atoms with van der Waals surface area (Å²) in [6, 6.07) is 13.2. The van der Waals surface area contributed by atoms with Gasteiger partial charge in [0, 0.05) is 29.6 Å². The number of carbonyl (C=O) groups excluding carboxylic acids is 2. The molecule has 1 saturated carbocycles. The second-order valence-electron chi connectivity index (χ2n) is 11.5. The van der Waals surface area contributed by atoms with E-state index in [2.05, 4.69) is 9.88 Å². The highest BCUT2D eigenvalue weighted by Crippen LogP contribution is 2.45. The Morgan fingerprint density at radius 3 is 2.41 bits per heavy atom. The van der Waals surface area contributed by atoms with Gasteiger partial charge in [-0.05, 0) is 62.8 Å². The maximum absolute atomic E-state index is 12.5. The first-order chi connectivity index (χ1) is 19.4. The van der Waals surface area contributed by atoms with Crippen LogP contribution in [0.3, 0.4) is 0 Å². The summed E-state index contributed by atoms with van der Waals surface area (Å²) in [4.78, 5) is 25.0. The van der Waals surface area contributed by atoms with Crippen molar-refractivity contribution in [3.63, 3.8) is 0 Å². The van der Waals surface area contributed by atoms with Gasteiger partial charge in [-0.1, -0.05) is 49.6 Å². The molecule has 0 bridgehead atoms. The number of nitrogens with one attached hydrogen (secondary N) is 1. The van der Waals surface area contributed by atoms with Crippen molar-refractivity contribution in [2.24, 2.45) is 0 Å². The fraction of sp³-hybridized carbons (Fsp3) is 0.484. The van der Waals surface area contributed by atoms with Crippen LogP contribution in [0.15, 0.2) is 42.5 Å². The first kappa shape index (κ1) is 30.6. The van der Waals surface area contributed by atoms with E-state index in [1.165, 1.54) is 19.1 Å². The fourth-order valence-electron chi connectivity index (χ4n) is 5.58. The summed E-state index contributed by atoms with van der Waals surface area (Å²) in [5, 5.41) is 3.87.